The van der Waals surface area contributed by atoms with Crippen LogP contribution in [-0.4, -0.2) is 152 Å². The quantitative estimate of drug-likeness (QED) is 0.118. The highest BCUT2D eigenvalue weighted by molar-refractivity contribution is 6.00. The van der Waals surface area contributed by atoms with Crippen molar-refractivity contribution in [1.29, 1.82) is 0 Å². The van der Waals surface area contributed by atoms with Crippen molar-refractivity contribution < 1.29 is 58.7 Å². The van der Waals surface area contributed by atoms with E-state index in [0.29, 0.717) is 30.8 Å². The first kappa shape index (κ1) is 51.2. The summed E-state index contributed by atoms with van der Waals surface area (Å²) < 4.78 is 5.85. The maximum absolute atomic E-state index is 14.3. The molecular weight excluding hydrogens is 855 g/mol. The van der Waals surface area contributed by atoms with Crippen LogP contribution in [0.2, 0.25) is 0 Å². The molecule has 3 aliphatic rings. The van der Waals surface area contributed by atoms with Crippen molar-refractivity contribution in [2.45, 2.75) is 152 Å². The van der Waals surface area contributed by atoms with Gasteiger partial charge in [-0.25, -0.2) is 0 Å². The van der Waals surface area contributed by atoms with Gasteiger partial charge in [0.05, 0.1) is 24.9 Å². The number of ether oxygens (including phenoxy) is 1. The predicted molar refractivity (Wildman–Crippen MR) is 241 cm³/mol. The molecule has 9 N–H and O–H groups in total. The van der Waals surface area contributed by atoms with Crippen LogP contribution in [0.3, 0.4) is 0 Å². The zero-order chi connectivity index (χ0) is 47.9. The maximum Gasteiger partial charge on any atom is 0.251 e. The van der Waals surface area contributed by atoms with Crippen molar-refractivity contribution in [3.63, 3.8) is 0 Å². The first-order valence-electron chi connectivity index (χ1n) is 23.2. The Morgan fingerprint density at radius 2 is 1.39 bits per heavy atom. The smallest absolute Gasteiger partial charge is 0.251 e. The van der Waals surface area contributed by atoms with E-state index in [9.17, 15) is 54.0 Å². The molecule has 3 heterocycles. The molecule has 5 rings (SSSR count). The van der Waals surface area contributed by atoms with E-state index in [4.69, 9.17) is 4.74 Å². The van der Waals surface area contributed by atoms with Crippen LogP contribution in [0.15, 0.2) is 48.5 Å². The van der Waals surface area contributed by atoms with Gasteiger partial charge in [-0.15, -0.1) is 0 Å². The standard InChI is InChI=1S/C47H67N7O12/c1-4-5-6-7-8-9-24-66-34-20-16-31(17-21-34)41(59)49-35-12-10-22-48-44(62)37-13-11-23-53(37)46(64)39(28(2)55)52-43(61)36(25-30-14-18-32(57)19-15-30)50-45(63)38-26-33(58)27-54(38)47(65)40(29(3)56)51-42(35)60/h14-21,28-29,33,35-40,55-58H,4-13,22-27H2,1-3H3,(H,48,62)(H,49,59)(H,50,63)(H,51,60)(H,52,61)/t28-,29-,33-,35+,36+,37+,38+,39+,40+/m1/s1. The molecule has 3 aliphatic heterocycles. The molecule has 0 saturated carbocycles. The summed E-state index contributed by atoms with van der Waals surface area (Å²) in [4.78, 5) is 100. The van der Waals surface area contributed by atoms with Crippen LogP contribution in [-0.2, 0) is 35.2 Å². The zero-order valence-corrected chi connectivity index (χ0v) is 38.1. The largest absolute Gasteiger partial charge is 0.508 e. The van der Waals surface area contributed by atoms with Crippen molar-refractivity contribution in [2.75, 3.05) is 26.2 Å². The Morgan fingerprint density at radius 1 is 0.758 bits per heavy atom. The van der Waals surface area contributed by atoms with Crippen molar-refractivity contribution in [2.24, 2.45) is 0 Å². The van der Waals surface area contributed by atoms with E-state index < -0.39 is 95.9 Å². The highest BCUT2D eigenvalue weighted by Gasteiger charge is 2.45. The zero-order valence-electron chi connectivity index (χ0n) is 38.1. The number of hydrogen-bond donors (Lipinski definition) is 9. The predicted octanol–water partition coefficient (Wildman–Crippen LogP) is 0.551. The number of benzene rings is 2. The van der Waals surface area contributed by atoms with E-state index in [1.807, 2.05) is 0 Å². The molecule has 0 aromatic heterocycles. The molecule has 0 aliphatic carbocycles. The number of aliphatic hydroxyl groups excluding tert-OH is 3. The molecule has 362 valence electrons. The topological polar surface area (TPSA) is 276 Å². The second-order valence-corrected chi connectivity index (χ2v) is 17.6. The first-order chi connectivity index (χ1) is 31.6. The molecule has 19 heteroatoms. The Balaban J connectivity index is 1.41. The van der Waals surface area contributed by atoms with Crippen molar-refractivity contribution in [3.05, 3.63) is 59.7 Å². The first-order valence-corrected chi connectivity index (χ1v) is 23.2. The maximum atomic E-state index is 14.3. The highest BCUT2D eigenvalue weighted by atomic mass is 16.5. The van der Waals surface area contributed by atoms with Gasteiger partial charge in [-0.3, -0.25) is 33.6 Å². The molecule has 9 atom stereocenters. The molecule has 0 bridgehead atoms. The van der Waals surface area contributed by atoms with Crippen LogP contribution in [0, 0.1) is 0 Å². The van der Waals surface area contributed by atoms with Gasteiger partial charge in [-0.2, -0.15) is 0 Å². The van der Waals surface area contributed by atoms with E-state index >= 15 is 0 Å². The van der Waals surface area contributed by atoms with Gasteiger partial charge in [-0.1, -0.05) is 51.2 Å². The normalized spacial score (nSPS) is 25.9. The Hall–Kier alpha value is -5.79. The SMILES string of the molecule is CCCCCCCCOc1ccc(C(=O)N[C@H]2CCCNC(=O)[C@@H]3CCCN3C(=O)[C@H]([C@@H](C)O)NC(=O)[C@H](Cc3ccc(O)cc3)NC(=O)[C@@H]3C[C@@H](O)CN3C(=O)[C@H]([C@@H](C)O)NC2=O)cc1. The molecular formula is C47H67N7O12. The van der Waals surface area contributed by atoms with Gasteiger partial charge in [0.15, 0.2) is 0 Å². The summed E-state index contributed by atoms with van der Waals surface area (Å²) in [5.74, 6) is -4.86. The van der Waals surface area contributed by atoms with Gasteiger partial charge in [-0.05, 0) is 87.9 Å². The number of nitrogens with zero attached hydrogens (tertiary/aromatic N) is 2. The molecule has 19 nitrogen and oxygen atoms in total. The lowest BCUT2D eigenvalue weighted by Gasteiger charge is -2.32. The number of rotatable bonds is 14. The van der Waals surface area contributed by atoms with Crippen LogP contribution in [0.1, 0.15) is 107 Å². The summed E-state index contributed by atoms with van der Waals surface area (Å²) in [5.41, 5.74) is 0.698. The molecule has 0 unspecified atom stereocenters. The number of carbonyl (C=O) groups excluding carboxylic acids is 7. The number of hydrogen-bond acceptors (Lipinski definition) is 12. The van der Waals surface area contributed by atoms with E-state index in [-0.39, 0.29) is 56.6 Å². The third kappa shape index (κ3) is 14.1. The molecule has 7 amide bonds. The van der Waals surface area contributed by atoms with Gasteiger partial charge in [0, 0.05) is 38.0 Å². The van der Waals surface area contributed by atoms with Crippen molar-refractivity contribution >= 4 is 41.4 Å². The van der Waals surface area contributed by atoms with E-state index in [1.54, 1.807) is 24.3 Å². The van der Waals surface area contributed by atoms with Crippen LogP contribution >= 0.6 is 0 Å². The molecule has 0 radical (unpaired) electrons. The lowest BCUT2D eigenvalue weighted by atomic mass is 10.0. The number of aliphatic hydroxyl groups is 3. The molecule has 3 fully saturated rings. The van der Waals surface area contributed by atoms with E-state index in [0.717, 1.165) is 24.2 Å². The van der Waals surface area contributed by atoms with Gasteiger partial charge in [0.25, 0.3) is 5.91 Å². The Labute approximate surface area is 385 Å². The summed E-state index contributed by atoms with van der Waals surface area (Å²) in [6, 6.07) is 3.95. The second kappa shape index (κ2) is 24.7. The van der Waals surface area contributed by atoms with Gasteiger partial charge >= 0.3 is 0 Å². The third-order valence-electron chi connectivity index (χ3n) is 12.3. The van der Waals surface area contributed by atoms with Gasteiger partial charge in [0.1, 0.15) is 47.8 Å². The van der Waals surface area contributed by atoms with Crippen molar-refractivity contribution in [1.82, 2.24) is 36.4 Å². The van der Waals surface area contributed by atoms with E-state index in [1.165, 1.54) is 62.3 Å². The number of amides is 7. The summed E-state index contributed by atoms with van der Waals surface area (Å²) in [7, 11) is 0. The third-order valence-corrected chi connectivity index (χ3v) is 12.3. The number of unbranched alkanes of at least 4 members (excludes halogenated alkanes) is 5. The number of phenols is 1. The Morgan fingerprint density at radius 3 is 2.06 bits per heavy atom. The number of aromatic hydroxyl groups is 1. The van der Waals surface area contributed by atoms with Gasteiger partial charge < -0.3 is 61.5 Å². The minimum Gasteiger partial charge on any atom is -0.508 e. The lowest BCUT2D eigenvalue weighted by Crippen LogP contribution is -2.62. The van der Waals surface area contributed by atoms with Crippen LogP contribution in [0.25, 0.3) is 0 Å². The Bertz CT molecular complexity index is 1980. The summed E-state index contributed by atoms with van der Waals surface area (Å²) in [5, 5.41) is 55.6. The minimum atomic E-state index is -1.66. The lowest BCUT2D eigenvalue weighted by molar-refractivity contribution is -0.145. The number of phenolic OH excluding ortho intramolecular Hbond substituents is 1. The number of nitrogens with one attached hydrogen (secondary N) is 5. The van der Waals surface area contributed by atoms with Crippen molar-refractivity contribution in [3.8, 4) is 11.5 Å². The van der Waals surface area contributed by atoms with Gasteiger partial charge in [0.2, 0.25) is 35.4 Å². The fourth-order valence-electron chi connectivity index (χ4n) is 8.52. The fourth-order valence-corrected chi connectivity index (χ4v) is 8.52. The van der Waals surface area contributed by atoms with Crippen LogP contribution in [0.5, 0.6) is 11.5 Å². The van der Waals surface area contributed by atoms with Crippen LogP contribution < -0.4 is 31.3 Å². The monoisotopic (exact) mass is 921 g/mol. The molecule has 3 saturated heterocycles. The molecule has 0 spiro atoms. The number of fused-ring (bicyclic) bond motifs is 2. The highest BCUT2D eigenvalue weighted by Crippen LogP contribution is 2.23. The molecule has 2 aromatic carbocycles. The molecule has 66 heavy (non-hydrogen) atoms. The summed E-state index contributed by atoms with van der Waals surface area (Å²) >= 11 is 0. The minimum absolute atomic E-state index is 0.0110. The average molecular weight is 922 g/mol. The Kier molecular flexibility index (Phi) is 19.1. The van der Waals surface area contributed by atoms with Crippen LogP contribution in [0.4, 0.5) is 0 Å². The summed E-state index contributed by atoms with van der Waals surface area (Å²) in [6.07, 6.45) is 2.88. The average Bonchev–Trinajstić information content (AvgIpc) is 3.95. The number of carbonyl (C=O) groups is 7. The summed E-state index contributed by atoms with van der Waals surface area (Å²) in [6.45, 7) is 5.06. The molecule has 2 aromatic rings. The fraction of sp³-hybridized carbons (Fsp3) is 0.596. The van der Waals surface area contributed by atoms with E-state index in [2.05, 4.69) is 33.5 Å². The second-order valence-electron chi connectivity index (χ2n) is 17.6.